The number of rotatable bonds is 3. The minimum absolute atomic E-state index is 0.186. The van der Waals surface area contributed by atoms with Crippen LogP contribution in [0, 0.1) is 0 Å². The molecule has 0 unspecified atom stereocenters. The fourth-order valence-electron chi connectivity index (χ4n) is 0.348. The Bertz CT molecular complexity index is 32.9. The average molecular weight is 94.4 g/mol. The first-order valence-electron chi connectivity index (χ1n) is 2.52. The predicted octanol–water partition coefficient (Wildman–Crippen LogP) is 1.66. The molecule has 0 nitrogen and oxygen atoms in total. The Kier molecular flexibility index (Phi) is 5.97. The zero-order valence-corrected chi connectivity index (χ0v) is 5.82. The molecule has 0 radical (unpaired) electrons. The van der Waals surface area contributed by atoms with Crippen LogP contribution in [0.5, 0.6) is 0 Å². The first-order valence-corrected chi connectivity index (χ1v) is 4.34. The van der Waals surface area contributed by atoms with Gasteiger partial charge in [0.1, 0.15) is 0 Å². The van der Waals surface area contributed by atoms with E-state index in [-0.39, 0.29) is 20.4 Å². The highest BCUT2D eigenvalue weighted by atomic mass is 24.5. The van der Waals surface area contributed by atoms with Crippen molar-refractivity contribution in [3.8, 4) is 0 Å². The van der Waals surface area contributed by atoms with E-state index in [1.807, 2.05) is 0 Å². The summed E-state index contributed by atoms with van der Waals surface area (Å²) in [6.07, 6.45) is 1.35. The molecule has 0 aliphatic heterocycles. The molecule has 32 valence electrons. The van der Waals surface area contributed by atoms with E-state index in [0.29, 0.717) is 0 Å². The van der Waals surface area contributed by atoms with E-state index in [1.54, 1.807) is 0 Å². The fourth-order valence-corrected chi connectivity index (χ4v) is 1.05. The minimum atomic E-state index is 0.186. The van der Waals surface area contributed by atoms with Crippen LogP contribution in [0.1, 0.15) is 13.3 Å². The van der Waals surface area contributed by atoms with Crippen LogP contribution in [0.3, 0.4) is 0 Å². The van der Waals surface area contributed by atoms with E-state index in [1.165, 1.54) is 11.0 Å². The van der Waals surface area contributed by atoms with Crippen molar-refractivity contribution in [3.05, 3.63) is 10.8 Å². The Morgan fingerprint density at radius 3 is 2.67 bits per heavy atom. The van der Waals surface area contributed by atoms with Gasteiger partial charge < -0.3 is 0 Å². The monoisotopic (exact) mass is 94.1 g/mol. The summed E-state index contributed by atoms with van der Waals surface area (Å²) in [7, 11) is 0. The van der Waals surface area contributed by atoms with Crippen LogP contribution in [0.4, 0.5) is 0 Å². The van der Waals surface area contributed by atoms with E-state index in [0.717, 1.165) is 0 Å². The zero-order valence-electron chi connectivity index (χ0n) is 4.41. The second-order valence-corrected chi connectivity index (χ2v) is 3.29. The second-order valence-electron chi connectivity index (χ2n) is 1.43. The Hall–Kier alpha value is 0.506. The summed E-state index contributed by atoms with van der Waals surface area (Å²) in [4.78, 5) is 0. The fraction of sp³-hybridized carbons (Fsp3) is 0.600. The van der Waals surface area contributed by atoms with Crippen molar-refractivity contribution in [2.45, 2.75) is 17.9 Å². The van der Waals surface area contributed by atoms with E-state index in [4.69, 9.17) is 0 Å². The largest absolute Gasteiger partial charge is 0.395 e. The van der Waals surface area contributed by atoms with Gasteiger partial charge in [0.05, 0.1) is 0 Å². The summed E-state index contributed by atoms with van der Waals surface area (Å²) in [5.74, 6) is 0. The molecule has 0 N–H and O–H groups in total. The maximum atomic E-state index is 3.66. The highest BCUT2D eigenvalue weighted by Gasteiger charge is 1.80. The predicted molar refractivity (Wildman–Crippen MR) is 31.0 cm³/mol. The first kappa shape index (κ1) is 6.51. The average Bonchev–Trinajstić information content (AvgIpc) is 1.61. The molecule has 6 heavy (non-hydrogen) atoms. The van der Waals surface area contributed by atoms with Crippen LogP contribution >= 0.6 is 0 Å². The minimum Gasteiger partial charge on any atom is -0.214 e. The van der Waals surface area contributed by atoms with Crippen LogP contribution in [0.15, 0.2) is 10.8 Å². The lowest BCUT2D eigenvalue weighted by Crippen LogP contribution is -1.77. The van der Waals surface area contributed by atoms with Crippen LogP contribution in [-0.4, -0.2) is 20.4 Å². The van der Waals surface area contributed by atoms with E-state index >= 15 is 0 Å². The number of hydrogen-bond acceptors (Lipinski definition) is 0. The maximum absolute atomic E-state index is 3.66. The Balaban J connectivity index is 2.49. The molecule has 0 saturated heterocycles. The smallest absolute Gasteiger partial charge is 0.214 e. The van der Waals surface area contributed by atoms with Crippen molar-refractivity contribution in [2.24, 2.45) is 0 Å². The van der Waals surface area contributed by atoms with Gasteiger partial charge >= 0.3 is 20.4 Å². The van der Waals surface area contributed by atoms with Crippen LogP contribution < -0.4 is 0 Å². The van der Waals surface area contributed by atoms with Gasteiger partial charge in [-0.25, -0.2) is 4.21 Å². The summed E-state index contributed by atoms with van der Waals surface area (Å²) in [6, 6.07) is 0. The molecule has 0 atom stereocenters. The van der Waals surface area contributed by atoms with Crippen molar-refractivity contribution in [1.82, 2.24) is 0 Å². The van der Waals surface area contributed by atoms with Crippen molar-refractivity contribution >= 4 is 20.4 Å². The lowest BCUT2D eigenvalue weighted by Gasteiger charge is -1.77. The summed E-state index contributed by atoms with van der Waals surface area (Å²) in [5.41, 5.74) is 0. The van der Waals surface area contributed by atoms with Gasteiger partial charge in [0, 0.05) is 0 Å². The summed E-state index contributed by atoms with van der Waals surface area (Å²) < 4.78 is 3.53. The number of hydrogen-bond donors (Lipinski definition) is 0. The van der Waals surface area contributed by atoms with E-state index in [9.17, 15) is 0 Å². The molecular formula is C5H10Mg. The normalized spacial score (nSPS) is 6.83. The third-order valence-electron chi connectivity index (χ3n) is 0.762. The molecule has 0 amide bonds. The Morgan fingerprint density at radius 1 is 1.83 bits per heavy atom. The lowest BCUT2D eigenvalue weighted by atomic mass is 10.6. The summed E-state index contributed by atoms with van der Waals surface area (Å²) in [6.45, 7) is 5.88. The first-order chi connectivity index (χ1) is 2.91. The standard InChI is InChI=1S/C3H7.C2H3.Mg/c1-3-2;1-2;/h1,3H2,2H3;1H,2H2;. The maximum Gasteiger partial charge on any atom is 0.395 e. The summed E-state index contributed by atoms with van der Waals surface area (Å²) >= 11 is 0.186. The third-order valence-corrected chi connectivity index (χ3v) is 2.29. The molecule has 0 fully saturated rings. The molecule has 0 aromatic carbocycles. The van der Waals surface area contributed by atoms with Crippen molar-refractivity contribution in [2.75, 3.05) is 0 Å². The van der Waals surface area contributed by atoms with Crippen molar-refractivity contribution < 1.29 is 0 Å². The zero-order chi connectivity index (χ0) is 4.83. The van der Waals surface area contributed by atoms with Crippen LogP contribution in [-0.2, 0) is 0 Å². The molecule has 1 heteroatoms. The molecule has 0 aromatic heterocycles. The highest BCUT2D eigenvalue weighted by molar-refractivity contribution is 6.41. The van der Waals surface area contributed by atoms with Crippen molar-refractivity contribution in [3.63, 3.8) is 0 Å². The molecule has 0 bridgehead atoms. The molecule has 0 heterocycles. The van der Waals surface area contributed by atoms with Gasteiger partial charge in [-0.1, -0.05) is 13.3 Å². The van der Waals surface area contributed by atoms with Gasteiger partial charge in [0.15, 0.2) is 0 Å². The van der Waals surface area contributed by atoms with E-state index < -0.39 is 0 Å². The van der Waals surface area contributed by atoms with Crippen LogP contribution in [0.25, 0.3) is 0 Å². The quantitative estimate of drug-likeness (QED) is 0.369. The van der Waals surface area contributed by atoms with Gasteiger partial charge in [-0.15, -0.1) is 11.1 Å². The second kappa shape index (κ2) is 5.51. The molecule has 0 aliphatic carbocycles. The summed E-state index contributed by atoms with van der Waals surface area (Å²) in [5, 5.41) is 0. The lowest BCUT2D eigenvalue weighted by molar-refractivity contribution is 1.08. The topological polar surface area (TPSA) is 0 Å². The SMILES string of the molecule is C=[CH][Mg][CH2]CC. The van der Waals surface area contributed by atoms with Gasteiger partial charge in [0.25, 0.3) is 0 Å². The van der Waals surface area contributed by atoms with Gasteiger partial charge in [-0.3, -0.25) is 0 Å². The highest BCUT2D eigenvalue weighted by Crippen LogP contribution is 1.82. The third kappa shape index (κ3) is 4.51. The molecule has 0 aliphatic rings. The van der Waals surface area contributed by atoms with E-state index in [2.05, 4.69) is 17.7 Å². The van der Waals surface area contributed by atoms with Gasteiger partial charge in [0.2, 0.25) is 0 Å². The molecule has 0 spiro atoms. The molecule has 0 aromatic rings. The Labute approximate surface area is 49.4 Å². The molecular weight excluding hydrogens is 84.4 g/mol. The molecule has 0 saturated carbocycles. The van der Waals surface area contributed by atoms with Crippen LogP contribution in [0.2, 0.25) is 4.55 Å². The van der Waals surface area contributed by atoms with Gasteiger partial charge in [-0.05, 0) is 0 Å². The van der Waals surface area contributed by atoms with Crippen molar-refractivity contribution in [1.29, 1.82) is 0 Å². The molecule has 0 rings (SSSR count). The Morgan fingerprint density at radius 2 is 2.50 bits per heavy atom. The van der Waals surface area contributed by atoms with Gasteiger partial charge in [-0.2, -0.15) is 0 Å².